The van der Waals surface area contributed by atoms with Crippen molar-refractivity contribution in [1.29, 1.82) is 0 Å². The van der Waals surface area contributed by atoms with E-state index in [0.29, 0.717) is 23.7 Å². The van der Waals surface area contributed by atoms with Gasteiger partial charge in [-0.15, -0.1) is 0 Å². The Kier molecular flexibility index (Phi) is 11.8. The summed E-state index contributed by atoms with van der Waals surface area (Å²) in [6.45, 7) is 4.63. The second kappa shape index (κ2) is 16.8. The molecule has 264 valence electrons. The molecule has 4 N–H and O–H groups in total. The van der Waals surface area contributed by atoms with Gasteiger partial charge in [-0.2, -0.15) is 0 Å². The minimum absolute atomic E-state index is 0.0382. The maximum atomic E-state index is 13.0. The van der Waals surface area contributed by atoms with Crippen LogP contribution in [0.3, 0.4) is 0 Å². The molecule has 9 heteroatoms. The Morgan fingerprint density at radius 2 is 1.43 bits per heavy atom. The molecule has 2 amide bonds. The first-order chi connectivity index (χ1) is 24.8. The molecule has 5 aromatic rings. The van der Waals surface area contributed by atoms with Crippen molar-refractivity contribution in [2.75, 3.05) is 24.2 Å². The van der Waals surface area contributed by atoms with Crippen LogP contribution in [0.25, 0.3) is 0 Å². The van der Waals surface area contributed by atoms with Gasteiger partial charge in [0.05, 0.1) is 24.9 Å². The molecular formula is C42H45N3O6. The van der Waals surface area contributed by atoms with Crippen LogP contribution in [0.4, 0.5) is 16.2 Å². The summed E-state index contributed by atoms with van der Waals surface area (Å²) in [4.78, 5) is 15.1. The molecule has 1 saturated heterocycles. The number of amides is 2. The quantitative estimate of drug-likeness (QED) is 0.104. The summed E-state index contributed by atoms with van der Waals surface area (Å²) in [5, 5.41) is 26.6. The number of nitrogens with one attached hydrogen (secondary N) is 2. The monoisotopic (exact) mass is 687 g/mol. The van der Waals surface area contributed by atoms with E-state index in [9.17, 15) is 15.0 Å². The highest BCUT2D eigenvalue weighted by Gasteiger charge is 2.39. The first-order valence-corrected chi connectivity index (χ1v) is 17.2. The van der Waals surface area contributed by atoms with Crippen LogP contribution in [-0.4, -0.2) is 46.9 Å². The number of anilines is 2. The number of aliphatic hydroxyl groups excluding tert-OH is 2. The van der Waals surface area contributed by atoms with Gasteiger partial charge < -0.3 is 35.1 Å². The first kappa shape index (κ1) is 35.8. The van der Waals surface area contributed by atoms with Gasteiger partial charge in [-0.25, -0.2) is 4.79 Å². The molecule has 5 aromatic carbocycles. The summed E-state index contributed by atoms with van der Waals surface area (Å²) >= 11 is 0. The highest BCUT2D eigenvalue weighted by Crippen LogP contribution is 2.42. The SMILES string of the molecule is CC1C(CN(C)C(C)C(O)c2ccccc2)OC(c2cccc(NC(=O)Nc3ccc(Oc4ccccc4)cc3)c2)OC1c1ccc(CO)cc1. The lowest BCUT2D eigenvalue weighted by Gasteiger charge is -2.43. The summed E-state index contributed by atoms with van der Waals surface area (Å²) in [7, 11) is 2.00. The number of rotatable bonds is 12. The van der Waals surface area contributed by atoms with Gasteiger partial charge in [0.15, 0.2) is 6.29 Å². The summed E-state index contributed by atoms with van der Waals surface area (Å²) in [6, 6.07) is 41.0. The largest absolute Gasteiger partial charge is 0.457 e. The van der Waals surface area contributed by atoms with Crippen molar-refractivity contribution in [3.8, 4) is 11.5 Å². The number of ether oxygens (including phenoxy) is 3. The molecule has 0 bridgehead atoms. The molecule has 1 aliphatic rings. The van der Waals surface area contributed by atoms with Gasteiger partial charge in [0, 0.05) is 35.4 Å². The Hall–Kier alpha value is -5.03. The van der Waals surface area contributed by atoms with Gasteiger partial charge >= 0.3 is 6.03 Å². The minimum atomic E-state index is -0.724. The number of nitrogens with zero attached hydrogens (tertiary/aromatic N) is 1. The normalized spacial score (nSPS) is 20.0. The average Bonchev–Trinajstić information content (AvgIpc) is 3.16. The van der Waals surface area contributed by atoms with Gasteiger partial charge in [-0.1, -0.05) is 91.9 Å². The number of carbonyl (C=O) groups is 1. The molecule has 6 unspecified atom stereocenters. The van der Waals surface area contributed by atoms with Crippen LogP contribution in [0.5, 0.6) is 11.5 Å². The second-order valence-corrected chi connectivity index (χ2v) is 13.0. The van der Waals surface area contributed by atoms with Crippen LogP contribution in [0.15, 0.2) is 133 Å². The van der Waals surface area contributed by atoms with E-state index in [1.807, 2.05) is 123 Å². The maximum absolute atomic E-state index is 13.0. The van der Waals surface area contributed by atoms with E-state index in [0.717, 1.165) is 28.0 Å². The number of urea groups is 1. The molecule has 0 aromatic heterocycles. The van der Waals surface area contributed by atoms with Crippen molar-refractivity contribution >= 4 is 17.4 Å². The summed E-state index contributed by atoms with van der Waals surface area (Å²) in [6.07, 6.45) is -1.95. The van der Waals surface area contributed by atoms with Crippen molar-refractivity contribution in [2.45, 2.75) is 51.1 Å². The Balaban J connectivity index is 1.15. The van der Waals surface area contributed by atoms with E-state index >= 15 is 0 Å². The third kappa shape index (κ3) is 9.21. The molecule has 0 radical (unpaired) electrons. The lowest BCUT2D eigenvalue weighted by Crippen LogP contribution is -2.46. The number of para-hydroxylation sites is 1. The molecule has 9 nitrogen and oxygen atoms in total. The van der Waals surface area contributed by atoms with Gasteiger partial charge in [0.1, 0.15) is 11.5 Å². The molecule has 1 aliphatic heterocycles. The second-order valence-electron chi connectivity index (χ2n) is 13.0. The Labute approximate surface area is 299 Å². The van der Waals surface area contributed by atoms with E-state index in [-0.39, 0.29) is 30.8 Å². The van der Waals surface area contributed by atoms with Crippen molar-refractivity contribution in [3.63, 3.8) is 0 Å². The lowest BCUT2D eigenvalue weighted by molar-refractivity contribution is -0.276. The lowest BCUT2D eigenvalue weighted by atomic mass is 9.89. The van der Waals surface area contributed by atoms with E-state index in [1.165, 1.54) is 0 Å². The highest BCUT2D eigenvalue weighted by atomic mass is 16.7. The third-order valence-electron chi connectivity index (χ3n) is 9.39. The number of likely N-dealkylation sites (N-methyl/N-ethyl adjacent to an activating group) is 1. The zero-order valence-electron chi connectivity index (χ0n) is 29.1. The molecule has 0 saturated carbocycles. The number of hydrogen-bond donors (Lipinski definition) is 4. The Bertz CT molecular complexity index is 1840. The van der Waals surface area contributed by atoms with Gasteiger partial charge in [0.2, 0.25) is 0 Å². The van der Waals surface area contributed by atoms with E-state index < -0.39 is 18.4 Å². The molecule has 0 spiro atoms. The van der Waals surface area contributed by atoms with Crippen LogP contribution in [0.1, 0.15) is 54.6 Å². The van der Waals surface area contributed by atoms with Crippen LogP contribution in [0, 0.1) is 5.92 Å². The molecule has 1 fully saturated rings. The van der Waals surface area contributed by atoms with Gasteiger partial charge in [-0.05, 0) is 79.2 Å². The third-order valence-corrected chi connectivity index (χ3v) is 9.39. The molecule has 6 rings (SSSR count). The van der Waals surface area contributed by atoms with Gasteiger partial charge in [0.25, 0.3) is 0 Å². The van der Waals surface area contributed by atoms with Crippen molar-refractivity contribution in [2.24, 2.45) is 5.92 Å². The Morgan fingerprint density at radius 3 is 2.12 bits per heavy atom. The van der Waals surface area contributed by atoms with E-state index in [4.69, 9.17) is 14.2 Å². The Morgan fingerprint density at radius 1 is 0.784 bits per heavy atom. The smallest absolute Gasteiger partial charge is 0.323 e. The first-order valence-electron chi connectivity index (χ1n) is 17.2. The van der Waals surface area contributed by atoms with Gasteiger partial charge in [-0.3, -0.25) is 4.90 Å². The topological polar surface area (TPSA) is 113 Å². The van der Waals surface area contributed by atoms with Crippen LogP contribution in [-0.2, 0) is 16.1 Å². The molecule has 1 heterocycles. The van der Waals surface area contributed by atoms with Crippen LogP contribution in [0.2, 0.25) is 0 Å². The molecular weight excluding hydrogens is 642 g/mol. The summed E-state index contributed by atoms with van der Waals surface area (Å²) in [5.41, 5.74) is 4.61. The predicted molar refractivity (Wildman–Crippen MR) is 199 cm³/mol. The minimum Gasteiger partial charge on any atom is -0.457 e. The van der Waals surface area contributed by atoms with E-state index in [1.54, 1.807) is 24.3 Å². The van der Waals surface area contributed by atoms with Crippen LogP contribution < -0.4 is 15.4 Å². The molecule has 51 heavy (non-hydrogen) atoms. The van der Waals surface area contributed by atoms with Crippen LogP contribution >= 0.6 is 0 Å². The number of aliphatic hydroxyl groups is 2. The number of carbonyl (C=O) groups excluding carboxylic acids is 1. The maximum Gasteiger partial charge on any atom is 0.323 e. The standard InChI is InChI=1S/C42H45N3O6/c1-28-38(26-45(3)29(2)39(47)31-11-6-4-7-12-31)50-41(51-40(28)32-19-17-30(27-46)18-20-32)33-13-10-14-35(25-33)44-42(48)43-34-21-23-37(24-22-34)49-36-15-8-5-9-16-36/h4-25,28-29,38-41,46-47H,26-27H2,1-3H3,(H2,43,44,48). The molecule has 0 aliphatic carbocycles. The van der Waals surface area contributed by atoms with E-state index in [2.05, 4.69) is 22.5 Å². The molecule has 6 atom stereocenters. The highest BCUT2D eigenvalue weighted by molar-refractivity contribution is 5.99. The zero-order valence-corrected chi connectivity index (χ0v) is 29.1. The van der Waals surface area contributed by atoms with Crippen molar-refractivity contribution < 1.29 is 29.2 Å². The van der Waals surface area contributed by atoms with Crippen molar-refractivity contribution in [3.05, 3.63) is 156 Å². The fourth-order valence-electron chi connectivity index (χ4n) is 6.24. The summed E-state index contributed by atoms with van der Waals surface area (Å²) in [5.74, 6) is 1.36. The fourth-order valence-corrected chi connectivity index (χ4v) is 6.24. The summed E-state index contributed by atoms with van der Waals surface area (Å²) < 4.78 is 19.2. The predicted octanol–water partition coefficient (Wildman–Crippen LogP) is 8.46. The van der Waals surface area contributed by atoms with Crippen molar-refractivity contribution in [1.82, 2.24) is 4.90 Å². The number of hydrogen-bond acceptors (Lipinski definition) is 7. The fraction of sp³-hybridized carbons (Fsp3) is 0.262. The average molecular weight is 688 g/mol. The zero-order chi connectivity index (χ0) is 35.7. The number of benzene rings is 5.